The molecule has 0 aliphatic carbocycles. The molecule has 0 radical (unpaired) electrons. The minimum absolute atomic E-state index is 0.472. The van der Waals surface area contributed by atoms with Crippen molar-refractivity contribution in [3.8, 4) is 6.19 Å². The Bertz CT molecular complexity index is 235. The molecule has 2 fully saturated rings. The Hall–Kier alpha value is -0.750. The summed E-state index contributed by atoms with van der Waals surface area (Å²) < 4.78 is 0. The lowest BCUT2D eigenvalue weighted by molar-refractivity contribution is 0.0522. The fraction of sp³-hybridized carbons (Fsp3) is 0.900. The predicted octanol–water partition coefficient (Wildman–Crippen LogP) is 0.884. The second-order valence-electron chi connectivity index (χ2n) is 4.77. The molecular formula is C10H17N3. The molecule has 0 amide bonds. The van der Waals surface area contributed by atoms with Crippen LogP contribution in [-0.2, 0) is 0 Å². The van der Waals surface area contributed by atoms with Crippen molar-refractivity contribution < 1.29 is 0 Å². The Morgan fingerprint density at radius 2 is 2.00 bits per heavy atom. The van der Waals surface area contributed by atoms with Crippen molar-refractivity contribution in [3.05, 3.63) is 0 Å². The molecule has 3 nitrogen and oxygen atoms in total. The quantitative estimate of drug-likeness (QED) is 0.560. The lowest BCUT2D eigenvalue weighted by Crippen LogP contribution is -2.55. The normalized spacial score (nSPS) is 26.5. The molecule has 0 aromatic rings. The SMILES string of the molecule is CC(C)N1CCC2(CN(C#N)C2)C1. The maximum Gasteiger partial charge on any atom is 0.179 e. The van der Waals surface area contributed by atoms with Gasteiger partial charge >= 0.3 is 0 Å². The Morgan fingerprint density at radius 3 is 2.46 bits per heavy atom. The molecule has 2 aliphatic rings. The second-order valence-corrected chi connectivity index (χ2v) is 4.77. The molecule has 0 atom stereocenters. The maximum atomic E-state index is 8.67. The van der Waals surface area contributed by atoms with Crippen molar-refractivity contribution >= 4 is 0 Å². The summed E-state index contributed by atoms with van der Waals surface area (Å²) in [6.07, 6.45) is 3.49. The van der Waals surface area contributed by atoms with E-state index in [1.807, 2.05) is 4.90 Å². The van der Waals surface area contributed by atoms with E-state index in [2.05, 4.69) is 24.9 Å². The number of nitrogens with zero attached hydrogens (tertiary/aromatic N) is 3. The van der Waals surface area contributed by atoms with Crippen molar-refractivity contribution in [1.29, 1.82) is 5.26 Å². The van der Waals surface area contributed by atoms with Crippen LogP contribution in [0.4, 0.5) is 0 Å². The van der Waals surface area contributed by atoms with Gasteiger partial charge in [0.25, 0.3) is 0 Å². The van der Waals surface area contributed by atoms with Gasteiger partial charge in [0.2, 0.25) is 0 Å². The first-order chi connectivity index (χ1) is 6.15. The summed E-state index contributed by atoms with van der Waals surface area (Å²) in [5.41, 5.74) is 0.472. The molecule has 0 saturated carbocycles. The average molecular weight is 179 g/mol. The third kappa shape index (κ3) is 1.40. The Balaban J connectivity index is 1.90. The Labute approximate surface area is 79.9 Å². The van der Waals surface area contributed by atoms with Gasteiger partial charge in [0.1, 0.15) is 0 Å². The zero-order valence-electron chi connectivity index (χ0n) is 8.45. The number of rotatable bonds is 1. The van der Waals surface area contributed by atoms with E-state index < -0.39 is 0 Å². The van der Waals surface area contributed by atoms with Crippen LogP contribution in [0, 0.1) is 16.9 Å². The van der Waals surface area contributed by atoms with Gasteiger partial charge in [-0.2, -0.15) is 5.26 Å². The first-order valence-corrected chi connectivity index (χ1v) is 5.04. The molecular weight excluding hydrogens is 162 g/mol. The Kier molecular flexibility index (Phi) is 1.96. The molecule has 2 heterocycles. The van der Waals surface area contributed by atoms with Crippen LogP contribution in [0.5, 0.6) is 0 Å². The summed E-state index contributed by atoms with van der Waals surface area (Å²) in [6, 6.07) is 0.663. The van der Waals surface area contributed by atoms with Crippen LogP contribution < -0.4 is 0 Å². The maximum absolute atomic E-state index is 8.67. The molecule has 0 bridgehead atoms. The first-order valence-electron chi connectivity index (χ1n) is 5.04. The minimum Gasteiger partial charge on any atom is -0.309 e. The topological polar surface area (TPSA) is 30.3 Å². The standard InChI is InChI=1S/C10H17N3/c1-9(2)13-4-3-10(7-13)5-12(6-10)8-11/h9H,3-7H2,1-2H3. The smallest absolute Gasteiger partial charge is 0.179 e. The monoisotopic (exact) mass is 179 g/mol. The summed E-state index contributed by atoms with van der Waals surface area (Å²) in [4.78, 5) is 4.39. The first kappa shape index (κ1) is 8.83. The van der Waals surface area contributed by atoms with E-state index in [0.29, 0.717) is 11.5 Å². The van der Waals surface area contributed by atoms with Gasteiger partial charge in [-0.15, -0.1) is 0 Å². The lowest BCUT2D eigenvalue weighted by Gasteiger charge is -2.45. The molecule has 2 aliphatic heterocycles. The predicted molar refractivity (Wildman–Crippen MR) is 50.9 cm³/mol. The van der Waals surface area contributed by atoms with E-state index in [4.69, 9.17) is 5.26 Å². The third-order valence-electron chi connectivity index (χ3n) is 3.39. The fourth-order valence-corrected chi connectivity index (χ4v) is 2.50. The second kappa shape index (κ2) is 2.88. The van der Waals surface area contributed by atoms with E-state index in [0.717, 1.165) is 13.1 Å². The van der Waals surface area contributed by atoms with Crippen LogP contribution in [-0.4, -0.2) is 42.0 Å². The van der Waals surface area contributed by atoms with Crippen molar-refractivity contribution in [3.63, 3.8) is 0 Å². The van der Waals surface area contributed by atoms with Gasteiger partial charge in [-0.25, -0.2) is 0 Å². The molecule has 3 heteroatoms. The molecule has 2 saturated heterocycles. The zero-order valence-corrected chi connectivity index (χ0v) is 8.45. The minimum atomic E-state index is 0.472. The van der Waals surface area contributed by atoms with Gasteiger partial charge in [-0.3, -0.25) is 0 Å². The molecule has 2 rings (SSSR count). The van der Waals surface area contributed by atoms with Crippen LogP contribution in [0.1, 0.15) is 20.3 Å². The van der Waals surface area contributed by atoms with Crippen LogP contribution in [0.25, 0.3) is 0 Å². The van der Waals surface area contributed by atoms with Crippen LogP contribution in [0.2, 0.25) is 0 Å². The highest BCUT2D eigenvalue weighted by atomic mass is 15.3. The van der Waals surface area contributed by atoms with E-state index in [-0.39, 0.29) is 0 Å². The van der Waals surface area contributed by atoms with Crippen molar-refractivity contribution in [2.75, 3.05) is 26.2 Å². The summed E-state index contributed by atoms with van der Waals surface area (Å²) in [6.45, 7) is 8.90. The molecule has 1 spiro atoms. The molecule has 0 unspecified atom stereocenters. The van der Waals surface area contributed by atoms with Gasteiger partial charge in [-0.05, 0) is 26.8 Å². The fourth-order valence-electron chi connectivity index (χ4n) is 2.50. The van der Waals surface area contributed by atoms with Gasteiger partial charge in [-0.1, -0.05) is 0 Å². The summed E-state index contributed by atoms with van der Waals surface area (Å²) >= 11 is 0. The average Bonchev–Trinajstić information content (AvgIpc) is 2.45. The van der Waals surface area contributed by atoms with E-state index in [1.54, 1.807) is 0 Å². The summed E-state index contributed by atoms with van der Waals surface area (Å²) in [5.74, 6) is 0. The highest BCUT2D eigenvalue weighted by Crippen LogP contribution is 2.39. The summed E-state index contributed by atoms with van der Waals surface area (Å²) in [7, 11) is 0. The van der Waals surface area contributed by atoms with Crippen molar-refractivity contribution in [2.24, 2.45) is 5.41 Å². The largest absolute Gasteiger partial charge is 0.309 e. The van der Waals surface area contributed by atoms with Gasteiger partial charge in [0.15, 0.2) is 6.19 Å². The third-order valence-corrected chi connectivity index (χ3v) is 3.39. The number of hydrogen-bond donors (Lipinski definition) is 0. The number of likely N-dealkylation sites (tertiary alicyclic amines) is 2. The highest BCUT2D eigenvalue weighted by molar-refractivity contribution is 5.05. The van der Waals surface area contributed by atoms with Gasteiger partial charge in [0.05, 0.1) is 0 Å². The number of nitriles is 1. The molecule has 0 N–H and O–H groups in total. The van der Waals surface area contributed by atoms with Crippen molar-refractivity contribution in [1.82, 2.24) is 9.80 Å². The lowest BCUT2D eigenvalue weighted by atomic mass is 9.79. The molecule has 0 aromatic carbocycles. The zero-order chi connectivity index (χ0) is 9.47. The van der Waals surface area contributed by atoms with Crippen LogP contribution in [0.3, 0.4) is 0 Å². The van der Waals surface area contributed by atoms with E-state index >= 15 is 0 Å². The molecule has 72 valence electrons. The Morgan fingerprint density at radius 1 is 1.31 bits per heavy atom. The van der Waals surface area contributed by atoms with Crippen LogP contribution in [0.15, 0.2) is 0 Å². The van der Waals surface area contributed by atoms with E-state index in [1.165, 1.54) is 19.5 Å². The number of hydrogen-bond acceptors (Lipinski definition) is 3. The summed E-state index contributed by atoms with van der Waals surface area (Å²) in [5, 5.41) is 8.67. The molecule has 13 heavy (non-hydrogen) atoms. The highest BCUT2D eigenvalue weighted by Gasteiger charge is 2.47. The molecule has 0 aromatic heterocycles. The van der Waals surface area contributed by atoms with Gasteiger partial charge in [0, 0.05) is 31.1 Å². The van der Waals surface area contributed by atoms with E-state index in [9.17, 15) is 0 Å². The van der Waals surface area contributed by atoms with Crippen molar-refractivity contribution in [2.45, 2.75) is 26.3 Å². The van der Waals surface area contributed by atoms with Gasteiger partial charge < -0.3 is 9.80 Å². The van der Waals surface area contributed by atoms with Crippen LogP contribution >= 0.6 is 0 Å².